The highest BCUT2D eigenvalue weighted by Gasteiger charge is 2.21. The van der Waals surface area contributed by atoms with E-state index in [1.165, 1.54) is 0 Å². The van der Waals surface area contributed by atoms with Crippen molar-refractivity contribution in [3.8, 4) is 5.75 Å². The third kappa shape index (κ3) is 2.16. The molecule has 17 heavy (non-hydrogen) atoms. The maximum Gasteiger partial charge on any atom is 0.439 e. The van der Waals surface area contributed by atoms with Crippen LogP contribution in [0.1, 0.15) is 26.5 Å². The molecular formula is C13H15NO3. The number of fused-ring (bicyclic) bond motifs is 1. The molecule has 0 fully saturated rings. The van der Waals surface area contributed by atoms with Gasteiger partial charge < -0.3 is 9.15 Å². The number of ether oxygens (including phenoxy) is 1. The summed E-state index contributed by atoms with van der Waals surface area (Å²) in [7, 11) is 1.60. The fourth-order valence-electron chi connectivity index (χ4n) is 1.75. The summed E-state index contributed by atoms with van der Waals surface area (Å²) in [5, 5.41) is 0.816. The molecule has 1 aromatic heterocycles. The molecule has 0 aliphatic rings. The Morgan fingerprint density at radius 3 is 2.59 bits per heavy atom. The molecule has 0 aliphatic heterocycles. The predicted molar refractivity (Wildman–Crippen MR) is 65.5 cm³/mol. The molecule has 2 rings (SSSR count). The van der Waals surface area contributed by atoms with E-state index in [0.29, 0.717) is 5.58 Å². The SMILES string of the molecule is COc1ccc2oc(=O)nc(C(C)(C)C)c2c1. The Morgan fingerprint density at radius 1 is 1.29 bits per heavy atom. The highest BCUT2D eigenvalue weighted by molar-refractivity contribution is 5.81. The number of benzene rings is 1. The summed E-state index contributed by atoms with van der Waals surface area (Å²) in [5.74, 6) is 0.159. The van der Waals surface area contributed by atoms with Gasteiger partial charge in [0.15, 0.2) is 0 Å². The van der Waals surface area contributed by atoms with E-state index in [-0.39, 0.29) is 5.41 Å². The average molecular weight is 233 g/mol. The Bertz CT molecular complexity index is 608. The van der Waals surface area contributed by atoms with Gasteiger partial charge in [-0.3, -0.25) is 0 Å². The van der Waals surface area contributed by atoms with Crippen molar-refractivity contribution < 1.29 is 9.15 Å². The first-order valence-electron chi connectivity index (χ1n) is 5.41. The van der Waals surface area contributed by atoms with Gasteiger partial charge in [-0.1, -0.05) is 20.8 Å². The molecule has 1 heterocycles. The average Bonchev–Trinajstić information content (AvgIpc) is 2.26. The summed E-state index contributed by atoms with van der Waals surface area (Å²) in [5.41, 5.74) is 1.04. The maximum atomic E-state index is 11.4. The molecule has 0 amide bonds. The van der Waals surface area contributed by atoms with Crippen molar-refractivity contribution in [1.82, 2.24) is 4.98 Å². The second-order valence-corrected chi connectivity index (χ2v) is 4.94. The highest BCUT2D eigenvalue weighted by Crippen LogP contribution is 2.29. The Balaban J connectivity index is 2.85. The van der Waals surface area contributed by atoms with Crippen LogP contribution >= 0.6 is 0 Å². The summed E-state index contributed by atoms with van der Waals surface area (Å²) in [6, 6.07) is 5.33. The van der Waals surface area contributed by atoms with Crippen molar-refractivity contribution in [2.75, 3.05) is 7.11 Å². The summed E-state index contributed by atoms with van der Waals surface area (Å²) >= 11 is 0. The quantitative estimate of drug-likeness (QED) is 0.759. The zero-order chi connectivity index (χ0) is 12.6. The van der Waals surface area contributed by atoms with Crippen LogP contribution in [-0.2, 0) is 5.41 Å². The van der Waals surface area contributed by atoms with Crippen molar-refractivity contribution in [3.05, 3.63) is 34.4 Å². The van der Waals surface area contributed by atoms with Crippen molar-refractivity contribution in [3.63, 3.8) is 0 Å². The van der Waals surface area contributed by atoms with Gasteiger partial charge in [0.25, 0.3) is 0 Å². The molecule has 0 saturated heterocycles. The number of rotatable bonds is 1. The zero-order valence-electron chi connectivity index (χ0n) is 10.4. The lowest BCUT2D eigenvalue weighted by Gasteiger charge is -2.18. The van der Waals surface area contributed by atoms with Crippen molar-refractivity contribution in [1.29, 1.82) is 0 Å². The fourth-order valence-corrected chi connectivity index (χ4v) is 1.75. The first-order chi connectivity index (χ1) is 7.91. The van der Waals surface area contributed by atoms with E-state index in [1.54, 1.807) is 19.2 Å². The van der Waals surface area contributed by atoms with E-state index in [2.05, 4.69) is 4.98 Å². The largest absolute Gasteiger partial charge is 0.497 e. The van der Waals surface area contributed by atoms with Crippen molar-refractivity contribution >= 4 is 11.0 Å². The minimum absolute atomic E-state index is 0.222. The molecule has 0 unspecified atom stereocenters. The van der Waals surface area contributed by atoms with E-state index in [0.717, 1.165) is 16.8 Å². The highest BCUT2D eigenvalue weighted by atomic mass is 16.5. The lowest BCUT2D eigenvalue weighted by molar-refractivity contribution is 0.414. The summed E-state index contributed by atoms with van der Waals surface area (Å²) in [4.78, 5) is 15.4. The molecule has 4 heteroatoms. The maximum absolute atomic E-state index is 11.4. The molecule has 0 atom stereocenters. The molecule has 1 aromatic carbocycles. The van der Waals surface area contributed by atoms with Gasteiger partial charge in [-0.15, -0.1) is 0 Å². The molecule has 0 radical (unpaired) electrons. The number of hydrogen-bond acceptors (Lipinski definition) is 4. The molecule has 0 saturated carbocycles. The molecule has 0 N–H and O–H groups in total. The molecule has 4 nitrogen and oxygen atoms in total. The number of nitrogens with zero attached hydrogens (tertiary/aromatic N) is 1. The lowest BCUT2D eigenvalue weighted by Crippen LogP contribution is -2.19. The number of aromatic nitrogens is 1. The van der Waals surface area contributed by atoms with Crippen LogP contribution in [-0.4, -0.2) is 12.1 Å². The first kappa shape index (κ1) is 11.6. The molecule has 0 bridgehead atoms. The summed E-state index contributed by atoms with van der Waals surface area (Å²) < 4.78 is 10.2. The van der Waals surface area contributed by atoms with Gasteiger partial charge in [0, 0.05) is 10.8 Å². The fraction of sp³-hybridized carbons (Fsp3) is 0.385. The van der Waals surface area contributed by atoms with E-state index >= 15 is 0 Å². The van der Waals surface area contributed by atoms with Crippen LogP contribution < -0.4 is 10.5 Å². The normalized spacial score (nSPS) is 11.8. The third-order valence-electron chi connectivity index (χ3n) is 2.55. The van der Waals surface area contributed by atoms with Crippen LogP contribution in [0.15, 0.2) is 27.4 Å². The molecule has 0 spiro atoms. The standard InChI is InChI=1S/C13H15NO3/c1-13(2,3)11-9-7-8(16-4)5-6-10(9)17-12(15)14-11/h5-7H,1-4H3. The molecule has 0 aliphatic carbocycles. The minimum atomic E-state index is -0.562. The smallest absolute Gasteiger partial charge is 0.439 e. The van der Waals surface area contributed by atoms with Crippen LogP contribution in [0.2, 0.25) is 0 Å². The van der Waals surface area contributed by atoms with Gasteiger partial charge in [-0.05, 0) is 18.2 Å². The van der Waals surface area contributed by atoms with Gasteiger partial charge >= 0.3 is 5.76 Å². The van der Waals surface area contributed by atoms with Crippen molar-refractivity contribution in [2.45, 2.75) is 26.2 Å². The van der Waals surface area contributed by atoms with Gasteiger partial charge in [-0.25, -0.2) is 4.79 Å². The Kier molecular flexibility index (Phi) is 2.65. The van der Waals surface area contributed by atoms with Gasteiger partial charge in [0.1, 0.15) is 11.3 Å². The minimum Gasteiger partial charge on any atom is -0.497 e. The van der Waals surface area contributed by atoms with Crippen LogP contribution in [0.5, 0.6) is 5.75 Å². The second-order valence-electron chi connectivity index (χ2n) is 4.94. The van der Waals surface area contributed by atoms with Crippen LogP contribution in [0.4, 0.5) is 0 Å². The van der Waals surface area contributed by atoms with Crippen molar-refractivity contribution in [2.24, 2.45) is 0 Å². The van der Waals surface area contributed by atoms with Gasteiger partial charge in [-0.2, -0.15) is 4.98 Å². The van der Waals surface area contributed by atoms with Gasteiger partial charge in [0.2, 0.25) is 0 Å². The van der Waals surface area contributed by atoms with E-state index in [9.17, 15) is 4.79 Å². The topological polar surface area (TPSA) is 52.3 Å². The van der Waals surface area contributed by atoms with Crippen LogP contribution in [0, 0.1) is 0 Å². The number of hydrogen-bond donors (Lipinski definition) is 0. The van der Waals surface area contributed by atoms with Gasteiger partial charge in [0.05, 0.1) is 12.8 Å². The molecule has 90 valence electrons. The Morgan fingerprint density at radius 2 is 2.00 bits per heavy atom. The number of methoxy groups -OCH3 is 1. The third-order valence-corrected chi connectivity index (χ3v) is 2.55. The lowest BCUT2D eigenvalue weighted by atomic mass is 9.89. The molecular weight excluding hydrogens is 218 g/mol. The Labute approximate surface area is 99.2 Å². The second kappa shape index (κ2) is 3.87. The monoisotopic (exact) mass is 233 g/mol. The van der Waals surface area contributed by atoms with E-state index < -0.39 is 5.76 Å². The van der Waals surface area contributed by atoms with Crippen LogP contribution in [0.3, 0.4) is 0 Å². The van der Waals surface area contributed by atoms with E-state index in [1.807, 2.05) is 26.8 Å². The zero-order valence-corrected chi connectivity index (χ0v) is 10.4. The first-order valence-corrected chi connectivity index (χ1v) is 5.41. The van der Waals surface area contributed by atoms with E-state index in [4.69, 9.17) is 9.15 Å². The molecule has 2 aromatic rings. The summed E-state index contributed by atoms with van der Waals surface area (Å²) in [6.45, 7) is 6.02. The summed E-state index contributed by atoms with van der Waals surface area (Å²) in [6.07, 6.45) is 0. The predicted octanol–water partition coefficient (Wildman–Crippen LogP) is 2.49. The van der Waals surface area contributed by atoms with Crippen LogP contribution in [0.25, 0.3) is 11.0 Å². The Hall–Kier alpha value is -1.84.